The maximum absolute atomic E-state index is 12.8. The predicted molar refractivity (Wildman–Crippen MR) is 140 cm³/mol. The van der Waals surface area contributed by atoms with Crippen LogP contribution in [-0.4, -0.2) is 89.5 Å². The van der Waals surface area contributed by atoms with Crippen LogP contribution in [-0.2, 0) is 14.4 Å². The van der Waals surface area contributed by atoms with Gasteiger partial charge in [0.1, 0.15) is 5.75 Å². The lowest BCUT2D eigenvalue weighted by atomic mass is 10.0. The molecule has 0 radical (unpaired) electrons. The Morgan fingerprint density at radius 3 is 2.11 bits per heavy atom. The molecule has 1 aliphatic carbocycles. The number of Topliss-reactive ketones (excluding diaryl/α,β-unsaturated/α-hetero) is 1. The number of carbonyl (C=O) groups is 4. The van der Waals surface area contributed by atoms with Gasteiger partial charge in [-0.3, -0.25) is 14.5 Å². The van der Waals surface area contributed by atoms with E-state index in [0.717, 1.165) is 56.9 Å². The van der Waals surface area contributed by atoms with Crippen molar-refractivity contribution in [1.82, 2.24) is 9.80 Å². The third-order valence-electron chi connectivity index (χ3n) is 6.65. The molecule has 1 aliphatic heterocycles. The Bertz CT molecular complexity index is 1070. The summed E-state index contributed by atoms with van der Waals surface area (Å²) in [6.07, 6.45) is 2.31. The molecule has 1 amide bonds. The number of nitrogens with zero attached hydrogens (tertiary/aromatic N) is 2. The van der Waals surface area contributed by atoms with Gasteiger partial charge >= 0.3 is 11.9 Å². The Morgan fingerprint density at radius 2 is 1.53 bits per heavy atom. The smallest absolute Gasteiger partial charge is 0.414 e. The molecule has 1 saturated carbocycles. The second-order valence-electron chi connectivity index (χ2n) is 9.32. The lowest BCUT2D eigenvalue weighted by Gasteiger charge is -2.34. The number of ether oxygens (including phenoxy) is 1. The lowest BCUT2D eigenvalue weighted by molar-refractivity contribution is -0.159. The molecule has 0 unspecified atom stereocenters. The van der Waals surface area contributed by atoms with Crippen LogP contribution in [0.3, 0.4) is 0 Å². The summed E-state index contributed by atoms with van der Waals surface area (Å²) in [4.78, 5) is 47.1. The highest BCUT2D eigenvalue weighted by atomic mass is 16.5. The van der Waals surface area contributed by atoms with Crippen molar-refractivity contribution in [2.45, 2.75) is 25.2 Å². The van der Waals surface area contributed by atoms with Crippen molar-refractivity contribution in [1.29, 1.82) is 0 Å². The molecular weight excluding hydrogens is 490 g/mol. The Morgan fingerprint density at radius 1 is 0.895 bits per heavy atom. The van der Waals surface area contributed by atoms with Gasteiger partial charge in [-0.15, -0.1) is 0 Å². The molecule has 2 atom stereocenters. The van der Waals surface area contributed by atoms with E-state index in [4.69, 9.17) is 30.3 Å². The molecule has 10 heteroatoms. The normalized spacial score (nSPS) is 18.6. The first kappa shape index (κ1) is 28.8. The fourth-order valence-corrected chi connectivity index (χ4v) is 4.46. The number of aliphatic carboxylic acids is 2. The van der Waals surface area contributed by atoms with E-state index in [1.54, 1.807) is 0 Å². The molecule has 4 rings (SSSR count). The molecule has 2 aromatic rings. The molecule has 1 saturated heterocycles. The fraction of sp³-hybridized carbons (Fsp3) is 0.429. The molecule has 10 nitrogen and oxygen atoms in total. The van der Waals surface area contributed by atoms with Crippen molar-refractivity contribution in [3.8, 4) is 5.75 Å². The second-order valence-corrected chi connectivity index (χ2v) is 9.32. The molecule has 0 spiro atoms. The maximum Gasteiger partial charge on any atom is 0.414 e. The zero-order valence-corrected chi connectivity index (χ0v) is 21.3. The molecule has 2 aliphatic rings. The van der Waals surface area contributed by atoms with E-state index in [1.807, 2.05) is 47.4 Å². The topological polar surface area (TPSA) is 150 Å². The van der Waals surface area contributed by atoms with Gasteiger partial charge in [-0.1, -0.05) is 30.3 Å². The number of benzene rings is 2. The first-order valence-electron chi connectivity index (χ1n) is 12.8. The first-order chi connectivity index (χ1) is 18.3. The van der Waals surface area contributed by atoms with Crippen LogP contribution in [0.2, 0.25) is 0 Å². The van der Waals surface area contributed by atoms with Crippen LogP contribution in [0.4, 0.5) is 0 Å². The van der Waals surface area contributed by atoms with Crippen molar-refractivity contribution < 1.29 is 34.1 Å². The summed E-state index contributed by atoms with van der Waals surface area (Å²) in [7, 11) is 0. The minimum Gasteiger partial charge on any atom is -0.494 e. The van der Waals surface area contributed by atoms with Gasteiger partial charge in [-0.25, -0.2) is 9.59 Å². The average Bonchev–Trinajstić information content (AvgIpc) is 3.73. The number of hydrogen-bond acceptors (Lipinski definition) is 7. The number of amides is 1. The molecule has 4 N–H and O–H groups in total. The highest BCUT2D eigenvalue weighted by Gasteiger charge is 2.43. The summed E-state index contributed by atoms with van der Waals surface area (Å²) < 4.78 is 5.87. The van der Waals surface area contributed by atoms with E-state index >= 15 is 0 Å². The van der Waals surface area contributed by atoms with Gasteiger partial charge in [-0.05, 0) is 48.6 Å². The lowest BCUT2D eigenvalue weighted by Crippen LogP contribution is -2.49. The van der Waals surface area contributed by atoms with Gasteiger partial charge < -0.3 is 25.6 Å². The quantitative estimate of drug-likeness (QED) is 0.241. The highest BCUT2D eigenvalue weighted by Crippen LogP contribution is 2.49. The summed E-state index contributed by atoms with van der Waals surface area (Å²) in [6, 6.07) is 17.9. The van der Waals surface area contributed by atoms with E-state index in [-0.39, 0.29) is 17.6 Å². The molecule has 2 aromatic carbocycles. The van der Waals surface area contributed by atoms with Crippen molar-refractivity contribution in [2.75, 3.05) is 45.9 Å². The number of piperazine rings is 1. The van der Waals surface area contributed by atoms with Crippen LogP contribution in [0.1, 0.15) is 41.1 Å². The molecule has 38 heavy (non-hydrogen) atoms. The minimum absolute atomic E-state index is 0.107. The van der Waals surface area contributed by atoms with Gasteiger partial charge in [-0.2, -0.15) is 0 Å². The molecule has 0 aromatic heterocycles. The standard InChI is InChI=1S/C26H33N3O3.C2H2O4/c27-12-11-25(30)29-16-14-28(15-17-29)13-4-18-32-22-9-7-21(8-10-22)26(31)24-19-23(24)20-5-2-1-3-6-20;3-1(4)2(5)6/h1-3,5-10,23-24H,4,11-19,27H2;(H,3,4)(H,5,6)/t23-,24+;/m0./s1. The van der Waals surface area contributed by atoms with Crippen LogP contribution in [0.5, 0.6) is 5.75 Å². The molecule has 2 fully saturated rings. The zero-order chi connectivity index (χ0) is 27.5. The Hall–Kier alpha value is -3.76. The Balaban J connectivity index is 0.000000599. The number of nitrogens with two attached hydrogens (primary N) is 1. The molecule has 0 bridgehead atoms. The van der Waals surface area contributed by atoms with E-state index in [1.165, 1.54) is 5.56 Å². The monoisotopic (exact) mass is 525 g/mol. The summed E-state index contributed by atoms with van der Waals surface area (Å²) in [5, 5.41) is 14.8. The average molecular weight is 526 g/mol. The van der Waals surface area contributed by atoms with Gasteiger partial charge in [0.2, 0.25) is 5.91 Å². The van der Waals surface area contributed by atoms with Gasteiger partial charge in [0.05, 0.1) is 6.61 Å². The van der Waals surface area contributed by atoms with Crippen LogP contribution < -0.4 is 10.5 Å². The van der Waals surface area contributed by atoms with E-state index in [0.29, 0.717) is 25.5 Å². The minimum atomic E-state index is -1.82. The molecular formula is C28H35N3O7. The number of carboxylic acid groups (broad SMARTS) is 2. The fourth-order valence-electron chi connectivity index (χ4n) is 4.46. The SMILES string of the molecule is NCCC(=O)N1CCN(CCCOc2ccc(C(=O)[C@@H]3C[C@H]3c3ccccc3)cc2)CC1.O=C(O)C(=O)O. The number of rotatable bonds is 10. The maximum atomic E-state index is 12.8. The third-order valence-corrected chi connectivity index (χ3v) is 6.65. The third kappa shape index (κ3) is 8.67. The van der Waals surface area contributed by atoms with E-state index < -0.39 is 11.9 Å². The molecule has 1 heterocycles. The zero-order valence-electron chi connectivity index (χ0n) is 21.3. The summed E-state index contributed by atoms with van der Waals surface area (Å²) >= 11 is 0. The van der Waals surface area contributed by atoms with Crippen molar-refractivity contribution in [3.05, 3.63) is 65.7 Å². The Kier molecular flexibility index (Phi) is 10.8. The van der Waals surface area contributed by atoms with Crippen LogP contribution in [0.25, 0.3) is 0 Å². The van der Waals surface area contributed by atoms with Crippen molar-refractivity contribution >= 4 is 23.6 Å². The highest BCUT2D eigenvalue weighted by molar-refractivity contribution is 6.27. The van der Waals surface area contributed by atoms with Crippen LogP contribution in [0.15, 0.2) is 54.6 Å². The first-order valence-corrected chi connectivity index (χ1v) is 12.8. The van der Waals surface area contributed by atoms with Crippen molar-refractivity contribution in [2.24, 2.45) is 11.7 Å². The van der Waals surface area contributed by atoms with Crippen LogP contribution >= 0.6 is 0 Å². The summed E-state index contributed by atoms with van der Waals surface area (Å²) in [5.74, 6) is -1.99. The molecule has 204 valence electrons. The largest absolute Gasteiger partial charge is 0.494 e. The van der Waals surface area contributed by atoms with E-state index in [9.17, 15) is 9.59 Å². The summed E-state index contributed by atoms with van der Waals surface area (Å²) in [6.45, 7) is 5.37. The van der Waals surface area contributed by atoms with Crippen molar-refractivity contribution in [3.63, 3.8) is 0 Å². The number of ketones is 1. The van der Waals surface area contributed by atoms with Crippen LogP contribution in [0, 0.1) is 5.92 Å². The summed E-state index contributed by atoms with van der Waals surface area (Å²) in [5.41, 5.74) is 7.50. The van der Waals surface area contributed by atoms with Gasteiger partial charge in [0.25, 0.3) is 0 Å². The van der Waals surface area contributed by atoms with E-state index in [2.05, 4.69) is 17.0 Å². The van der Waals surface area contributed by atoms with Gasteiger partial charge in [0.15, 0.2) is 5.78 Å². The predicted octanol–water partition coefficient (Wildman–Crippen LogP) is 2.09. The second kappa shape index (κ2) is 14.3. The Labute approximate surface area is 222 Å². The number of hydrogen-bond donors (Lipinski definition) is 3. The number of carbonyl (C=O) groups excluding carboxylic acids is 2. The number of carboxylic acids is 2. The van der Waals surface area contributed by atoms with Gasteiger partial charge in [0, 0.05) is 57.2 Å².